The standard InChI is InChI=1S/C17H28BrN/c1-13(2)9-15(12-19-17(3,4)5)10-14-7-6-8-16(18)11-14/h6-8,11,13,15,19H,9-10,12H2,1-5H3. The average molecular weight is 326 g/mol. The summed E-state index contributed by atoms with van der Waals surface area (Å²) in [7, 11) is 0. The minimum absolute atomic E-state index is 0.201. The molecule has 0 bridgehead atoms. The number of rotatable bonds is 6. The second-order valence-corrected chi connectivity index (χ2v) is 7.88. The highest BCUT2D eigenvalue weighted by Gasteiger charge is 2.16. The molecule has 108 valence electrons. The molecule has 0 fully saturated rings. The summed E-state index contributed by atoms with van der Waals surface area (Å²) in [5.41, 5.74) is 1.63. The van der Waals surface area contributed by atoms with Crippen LogP contribution in [0.4, 0.5) is 0 Å². The van der Waals surface area contributed by atoms with E-state index in [4.69, 9.17) is 0 Å². The van der Waals surface area contributed by atoms with Crippen molar-refractivity contribution < 1.29 is 0 Å². The lowest BCUT2D eigenvalue weighted by Gasteiger charge is -2.26. The van der Waals surface area contributed by atoms with Crippen LogP contribution in [-0.4, -0.2) is 12.1 Å². The normalized spacial score (nSPS) is 13.8. The van der Waals surface area contributed by atoms with Crippen molar-refractivity contribution in [2.24, 2.45) is 11.8 Å². The first-order valence-corrected chi connectivity index (χ1v) is 8.05. The summed E-state index contributed by atoms with van der Waals surface area (Å²) in [6.07, 6.45) is 2.43. The molecule has 19 heavy (non-hydrogen) atoms. The third-order valence-corrected chi connectivity index (χ3v) is 3.63. The topological polar surface area (TPSA) is 12.0 Å². The molecule has 0 saturated heterocycles. The van der Waals surface area contributed by atoms with Crippen molar-refractivity contribution in [3.63, 3.8) is 0 Å². The van der Waals surface area contributed by atoms with Crippen molar-refractivity contribution in [2.45, 2.75) is 53.0 Å². The quantitative estimate of drug-likeness (QED) is 0.772. The summed E-state index contributed by atoms with van der Waals surface area (Å²) < 4.78 is 1.18. The van der Waals surface area contributed by atoms with Gasteiger partial charge in [-0.1, -0.05) is 41.9 Å². The molecule has 1 unspecified atom stereocenters. The van der Waals surface area contributed by atoms with Gasteiger partial charge in [0.25, 0.3) is 0 Å². The lowest BCUT2D eigenvalue weighted by atomic mass is 9.90. The SMILES string of the molecule is CC(C)CC(CNC(C)(C)C)Cc1cccc(Br)c1. The number of hydrogen-bond acceptors (Lipinski definition) is 1. The first-order chi connectivity index (χ1) is 8.76. The molecule has 1 nitrogen and oxygen atoms in total. The zero-order valence-corrected chi connectivity index (χ0v) is 14.5. The van der Waals surface area contributed by atoms with Gasteiger partial charge in [0.1, 0.15) is 0 Å². The van der Waals surface area contributed by atoms with E-state index in [-0.39, 0.29) is 5.54 Å². The van der Waals surface area contributed by atoms with Gasteiger partial charge >= 0.3 is 0 Å². The number of halogens is 1. The lowest BCUT2D eigenvalue weighted by Crippen LogP contribution is -2.39. The van der Waals surface area contributed by atoms with Gasteiger partial charge in [-0.15, -0.1) is 0 Å². The Morgan fingerprint density at radius 2 is 1.89 bits per heavy atom. The maximum absolute atomic E-state index is 3.65. The van der Waals surface area contributed by atoms with Crippen molar-refractivity contribution in [3.05, 3.63) is 34.3 Å². The second kappa shape index (κ2) is 7.44. The van der Waals surface area contributed by atoms with Gasteiger partial charge in [0.15, 0.2) is 0 Å². The van der Waals surface area contributed by atoms with E-state index in [1.165, 1.54) is 16.5 Å². The number of nitrogens with one attached hydrogen (secondary N) is 1. The Balaban J connectivity index is 2.63. The van der Waals surface area contributed by atoms with E-state index in [9.17, 15) is 0 Å². The van der Waals surface area contributed by atoms with E-state index >= 15 is 0 Å². The van der Waals surface area contributed by atoms with Crippen molar-refractivity contribution in [1.29, 1.82) is 0 Å². The molecule has 1 aromatic rings. The van der Waals surface area contributed by atoms with Crippen LogP contribution in [0.2, 0.25) is 0 Å². The minimum atomic E-state index is 0.201. The van der Waals surface area contributed by atoms with Crippen LogP contribution >= 0.6 is 15.9 Å². The van der Waals surface area contributed by atoms with E-state index in [0.717, 1.165) is 18.9 Å². The van der Waals surface area contributed by atoms with Gasteiger partial charge in [-0.3, -0.25) is 0 Å². The molecule has 0 spiro atoms. The molecular weight excluding hydrogens is 298 g/mol. The first-order valence-electron chi connectivity index (χ1n) is 7.26. The zero-order chi connectivity index (χ0) is 14.5. The van der Waals surface area contributed by atoms with Gasteiger partial charge in [-0.2, -0.15) is 0 Å². The molecule has 0 aromatic heterocycles. The predicted molar refractivity (Wildman–Crippen MR) is 88.5 cm³/mol. The molecule has 0 radical (unpaired) electrons. The van der Waals surface area contributed by atoms with Crippen LogP contribution in [0.5, 0.6) is 0 Å². The fourth-order valence-corrected chi connectivity index (χ4v) is 2.80. The highest BCUT2D eigenvalue weighted by molar-refractivity contribution is 9.10. The number of hydrogen-bond donors (Lipinski definition) is 1. The Bertz CT molecular complexity index is 379. The van der Waals surface area contributed by atoms with E-state index in [0.29, 0.717) is 5.92 Å². The highest BCUT2D eigenvalue weighted by Crippen LogP contribution is 2.20. The molecule has 1 rings (SSSR count). The third kappa shape index (κ3) is 7.74. The summed E-state index contributed by atoms with van der Waals surface area (Å²) in [4.78, 5) is 0. The Labute approximate surface area is 127 Å². The van der Waals surface area contributed by atoms with Crippen LogP contribution in [0, 0.1) is 11.8 Å². The maximum atomic E-state index is 3.65. The highest BCUT2D eigenvalue weighted by atomic mass is 79.9. The summed E-state index contributed by atoms with van der Waals surface area (Å²) >= 11 is 3.56. The average Bonchev–Trinajstić information content (AvgIpc) is 2.24. The minimum Gasteiger partial charge on any atom is -0.312 e. The van der Waals surface area contributed by atoms with Crippen molar-refractivity contribution in [2.75, 3.05) is 6.54 Å². The Morgan fingerprint density at radius 3 is 2.42 bits per heavy atom. The van der Waals surface area contributed by atoms with Crippen LogP contribution in [0.3, 0.4) is 0 Å². The van der Waals surface area contributed by atoms with Crippen LogP contribution in [0.1, 0.15) is 46.6 Å². The Kier molecular flexibility index (Phi) is 6.55. The molecule has 0 aliphatic heterocycles. The maximum Gasteiger partial charge on any atom is 0.0177 e. The van der Waals surface area contributed by atoms with Crippen LogP contribution in [0.15, 0.2) is 28.7 Å². The van der Waals surface area contributed by atoms with Crippen molar-refractivity contribution in [1.82, 2.24) is 5.32 Å². The van der Waals surface area contributed by atoms with Gasteiger partial charge in [0.05, 0.1) is 0 Å². The number of benzene rings is 1. The fraction of sp³-hybridized carbons (Fsp3) is 0.647. The Hall–Kier alpha value is -0.340. The zero-order valence-electron chi connectivity index (χ0n) is 13.0. The molecule has 1 atom stereocenters. The summed E-state index contributed by atoms with van der Waals surface area (Å²) in [6, 6.07) is 8.69. The van der Waals surface area contributed by atoms with E-state index in [1.807, 2.05) is 0 Å². The molecule has 0 amide bonds. The van der Waals surface area contributed by atoms with E-state index in [2.05, 4.69) is 80.1 Å². The van der Waals surface area contributed by atoms with E-state index < -0.39 is 0 Å². The molecule has 0 aliphatic rings. The third-order valence-electron chi connectivity index (χ3n) is 3.14. The van der Waals surface area contributed by atoms with Crippen LogP contribution in [-0.2, 0) is 6.42 Å². The van der Waals surface area contributed by atoms with Gasteiger partial charge in [-0.05, 0) is 69.7 Å². The molecule has 0 saturated carbocycles. The molecular formula is C17H28BrN. The van der Waals surface area contributed by atoms with E-state index in [1.54, 1.807) is 0 Å². The lowest BCUT2D eigenvalue weighted by molar-refractivity contribution is 0.331. The molecule has 0 heterocycles. The molecule has 2 heteroatoms. The van der Waals surface area contributed by atoms with Crippen LogP contribution < -0.4 is 5.32 Å². The fourth-order valence-electron chi connectivity index (χ4n) is 2.35. The van der Waals surface area contributed by atoms with Gasteiger partial charge in [0, 0.05) is 10.0 Å². The second-order valence-electron chi connectivity index (χ2n) is 6.96. The van der Waals surface area contributed by atoms with Crippen molar-refractivity contribution in [3.8, 4) is 0 Å². The molecule has 1 N–H and O–H groups in total. The largest absolute Gasteiger partial charge is 0.312 e. The summed E-state index contributed by atoms with van der Waals surface area (Å²) in [5.74, 6) is 1.45. The monoisotopic (exact) mass is 325 g/mol. The predicted octanol–water partition coefficient (Wildman–Crippen LogP) is 5.04. The van der Waals surface area contributed by atoms with Gasteiger partial charge in [0.2, 0.25) is 0 Å². The Morgan fingerprint density at radius 1 is 1.21 bits per heavy atom. The molecule has 1 aromatic carbocycles. The molecule has 0 aliphatic carbocycles. The first kappa shape index (κ1) is 16.7. The van der Waals surface area contributed by atoms with Crippen LogP contribution in [0.25, 0.3) is 0 Å². The van der Waals surface area contributed by atoms with Gasteiger partial charge in [-0.25, -0.2) is 0 Å². The van der Waals surface area contributed by atoms with Gasteiger partial charge < -0.3 is 5.32 Å². The van der Waals surface area contributed by atoms with Crippen molar-refractivity contribution >= 4 is 15.9 Å². The summed E-state index contributed by atoms with van der Waals surface area (Å²) in [6.45, 7) is 12.4. The smallest absolute Gasteiger partial charge is 0.0177 e. The summed E-state index contributed by atoms with van der Waals surface area (Å²) in [5, 5.41) is 3.65.